The summed E-state index contributed by atoms with van der Waals surface area (Å²) in [6, 6.07) is 2.19. The third-order valence-electron chi connectivity index (χ3n) is 3.46. The Hall–Kier alpha value is -2.00. The van der Waals surface area contributed by atoms with Crippen molar-refractivity contribution in [2.24, 2.45) is 0 Å². The number of aromatic nitrogens is 2. The number of nitrogen functional groups attached to an aromatic ring is 1. The zero-order valence-electron chi connectivity index (χ0n) is 11.4. The fourth-order valence-electron chi connectivity index (χ4n) is 2.32. The molecule has 1 aliphatic rings. The van der Waals surface area contributed by atoms with Crippen LogP contribution in [0.3, 0.4) is 0 Å². The first-order chi connectivity index (χ1) is 9.69. The fourth-order valence-corrected chi connectivity index (χ4v) is 3.35. The number of rotatable bonds is 5. The molecule has 0 aliphatic heterocycles. The molecule has 20 heavy (non-hydrogen) atoms. The zero-order chi connectivity index (χ0) is 14.1. The molecule has 0 amide bonds. The van der Waals surface area contributed by atoms with Crippen LogP contribution in [-0.2, 0) is 6.54 Å². The number of nitriles is 1. The highest BCUT2D eigenvalue weighted by molar-refractivity contribution is 7.17. The maximum Gasteiger partial charge on any atom is 0.130 e. The number of nitrogens with zero attached hydrogens (tertiary/aromatic N) is 3. The summed E-state index contributed by atoms with van der Waals surface area (Å²) in [5.41, 5.74) is 9.07. The lowest BCUT2D eigenvalue weighted by Crippen LogP contribution is -2.11. The van der Waals surface area contributed by atoms with Crippen molar-refractivity contribution in [3.05, 3.63) is 28.4 Å². The van der Waals surface area contributed by atoms with Gasteiger partial charge in [0.2, 0.25) is 0 Å². The van der Waals surface area contributed by atoms with Crippen LogP contribution < -0.4 is 11.1 Å². The molecule has 0 atom stereocenters. The Labute approximate surface area is 122 Å². The maximum atomic E-state index is 9.10. The van der Waals surface area contributed by atoms with Gasteiger partial charge in [0.05, 0.1) is 23.4 Å². The average molecular weight is 287 g/mol. The van der Waals surface area contributed by atoms with Crippen molar-refractivity contribution in [3.8, 4) is 6.07 Å². The molecule has 6 heteroatoms. The van der Waals surface area contributed by atoms with E-state index in [1.165, 1.54) is 24.2 Å². The highest BCUT2D eigenvalue weighted by atomic mass is 32.1. The van der Waals surface area contributed by atoms with Crippen LogP contribution in [0.5, 0.6) is 0 Å². The average Bonchev–Trinajstić information content (AvgIpc) is 3.10. The second kappa shape index (κ2) is 5.17. The lowest BCUT2D eigenvalue weighted by molar-refractivity contribution is 0.638. The van der Waals surface area contributed by atoms with E-state index in [9.17, 15) is 0 Å². The molecule has 0 bridgehead atoms. The predicted octanol–water partition coefficient (Wildman–Crippen LogP) is 2.70. The van der Waals surface area contributed by atoms with Gasteiger partial charge in [0, 0.05) is 18.3 Å². The number of hydrogen-bond donors (Lipinski definition) is 2. The van der Waals surface area contributed by atoms with Crippen LogP contribution >= 0.6 is 11.3 Å². The largest absolute Gasteiger partial charge is 0.397 e. The topological polar surface area (TPSA) is 79.7 Å². The van der Waals surface area contributed by atoms with Crippen LogP contribution in [0.25, 0.3) is 0 Å². The second-order valence-electron chi connectivity index (χ2n) is 5.18. The number of hydrogen-bond acceptors (Lipinski definition) is 5. The number of aryl methyl sites for hydroxylation is 1. The van der Waals surface area contributed by atoms with E-state index in [4.69, 9.17) is 11.0 Å². The Morgan fingerprint density at radius 2 is 2.40 bits per heavy atom. The summed E-state index contributed by atoms with van der Waals surface area (Å²) in [4.78, 5) is 0.629. The molecule has 3 N–H and O–H groups in total. The Morgan fingerprint density at radius 1 is 1.60 bits per heavy atom. The third kappa shape index (κ3) is 2.49. The van der Waals surface area contributed by atoms with Crippen molar-refractivity contribution in [3.63, 3.8) is 0 Å². The van der Waals surface area contributed by atoms with Gasteiger partial charge in [0.15, 0.2) is 0 Å². The van der Waals surface area contributed by atoms with Gasteiger partial charge in [-0.1, -0.05) is 0 Å². The summed E-state index contributed by atoms with van der Waals surface area (Å²) >= 11 is 1.47. The Bertz CT molecular complexity index is 660. The van der Waals surface area contributed by atoms with Gasteiger partial charge in [-0.2, -0.15) is 10.4 Å². The van der Waals surface area contributed by atoms with Gasteiger partial charge in [-0.15, -0.1) is 11.3 Å². The molecule has 1 aliphatic carbocycles. The van der Waals surface area contributed by atoms with Crippen LogP contribution in [0.15, 0.2) is 12.4 Å². The minimum absolute atomic E-state index is 0.544. The molecule has 0 aromatic carbocycles. The smallest absolute Gasteiger partial charge is 0.130 e. The van der Waals surface area contributed by atoms with E-state index in [0.717, 1.165) is 29.2 Å². The quantitative estimate of drug-likeness (QED) is 0.886. The maximum absolute atomic E-state index is 9.10. The molecule has 0 radical (unpaired) electrons. The van der Waals surface area contributed by atoms with Crippen LogP contribution in [0.4, 0.5) is 10.7 Å². The summed E-state index contributed by atoms with van der Waals surface area (Å²) < 4.78 is 1.92. The van der Waals surface area contributed by atoms with Crippen molar-refractivity contribution in [2.75, 3.05) is 17.6 Å². The lowest BCUT2D eigenvalue weighted by atomic mass is 10.1. The van der Waals surface area contributed by atoms with Gasteiger partial charge in [0.1, 0.15) is 10.9 Å². The van der Waals surface area contributed by atoms with E-state index >= 15 is 0 Å². The zero-order valence-corrected chi connectivity index (χ0v) is 12.2. The number of nitrogens with two attached hydrogens (primary N) is 1. The molecule has 1 saturated carbocycles. The summed E-state index contributed by atoms with van der Waals surface area (Å²) in [7, 11) is 0. The monoisotopic (exact) mass is 287 g/mol. The van der Waals surface area contributed by atoms with E-state index in [1.54, 1.807) is 0 Å². The lowest BCUT2D eigenvalue weighted by Gasteiger charge is -2.07. The van der Waals surface area contributed by atoms with E-state index in [1.807, 2.05) is 24.0 Å². The summed E-state index contributed by atoms with van der Waals surface area (Å²) in [5, 5.41) is 17.8. The van der Waals surface area contributed by atoms with E-state index in [-0.39, 0.29) is 0 Å². The van der Waals surface area contributed by atoms with E-state index < -0.39 is 0 Å². The van der Waals surface area contributed by atoms with Crippen LogP contribution in [-0.4, -0.2) is 16.3 Å². The molecule has 2 aromatic rings. The molecule has 1 fully saturated rings. The highest BCUT2D eigenvalue weighted by Gasteiger charge is 2.31. The number of nitrogens with one attached hydrogen (secondary N) is 1. The van der Waals surface area contributed by atoms with Gasteiger partial charge in [-0.25, -0.2) is 0 Å². The predicted molar refractivity (Wildman–Crippen MR) is 80.9 cm³/mol. The van der Waals surface area contributed by atoms with Crippen LogP contribution in [0, 0.1) is 18.3 Å². The molecule has 0 spiro atoms. The molecule has 3 rings (SSSR count). The molecular weight excluding hydrogens is 270 g/mol. The van der Waals surface area contributed by atoms with Crippen molar-refractivity contribution in [2.45, 2.75) is 32.2 Å². The molecule has 5 nitrogen and oxygen atoms in total. The molecule has 2 aromatic heterocycles. The Balaban J connectivity index is 1.69. The summed E-state index contributed by atoms with van der Waals surface area (Å²) in [6.07, 6.45) is 6.23. The molecule has 104 valence electrons. The molecule has 0 unspecified atom stereocenters. The minimum Gasteiger partial charge on any atom is -0.397 e. The fraction of sp³-hybridized carbons (Fsp3) is 0.429. The van der Waals surface area contributed by atoms with Gasteiger partial charge < -0.3 is 11.1 Å². The summed E-state index contributed by atoms with van der Waals surface area (Å²) in [6.45, 7) is 3.62. The first kappa shape index (κ1) is 13.0. The second-order valence-corrected chi connectivity index (χ2v) is 6.20. The Kier molecular flexibility index (Phi) is 3.36. The van der Waals surface area contributed by atoms with E-state index in [0.29, 0.717) is 16.5 Å². The SMILES string of the molecule is Cc1cnn(CCNc2sc(C#N)c(N)c2C2CC2)c1. The third-order valence-corrected chi connectivity index (χ3v) is 4.54. The van der Waals surface area contributed by atoms with Gasteiger partial charge >= 0.3 is 0 Å². The molecule has 0 saturated heterocycles. The first-order valence-electron chi connectivity index (χ1n) is 6.74. The summed E-state index contributed by atoms with van der Waals surface area (Å²) in [5.74, 6) is 0.544. The van der Waals surface area contributed by atoms with Gasteiger partial charge in [0.25, 0.3) is 0 Å². The van der Waals surface area contributed by atoms with Gasteiger partial charge in [-0.3, -0.25) is 4.68 Å². The Morgan fingerprint density at radius 3 is 3.00 bits per heavy atom. The van der Waals surface area contributed by atoms with Crippen LogP contribution in [0.2, 0.25) is 0 Å². The van der Waals surface area contributed by atoms with Crippen molar-refractivity contribution < 1.29 is 0 Å². The van der Waals surface area contributed by atoms with Crippen molar-refractivity contribution in [1.82, 2.24) is 9.78 Å². The highest BCUT2D eigenvalue weighted by Crippen LogP contribution is 2.50. The standard InChI is InChI=1S/C14H17N5S/c1-9-7-18-19(8-9)5-4-17-14-12(10-2-3-10)13(16)11(6-15)20-14/h7-8,10,17H,2-5,16H2,1H3. The normalized spacial score (nSPS) is 14.2. The number of anilines is 2. The van der Waals surface area contributed by atoms with Crippen LogP contribution in [0.1, 0.15) is 34.8 Å². The van der Waals surface area contributed by atoms with Crippen molar-refractivity contribution >= 4 is 22.0 Å². The van der Waals surface area contributed by atoms with E-state index in [2.05, 4.69) is 16.5 Å². The minimum atomic E-state index is 0.544. The molecular formula is C14H17N5S. The van der Waals surface area contributed by atoms with Crippen molar-refractivity contribution in [1.29, 1.82) is 5.26 Å². The first-order valence-corrected chi connectivity index (χ1v) is 7.56. The molecule has 2 heterocycles. The van der Waals surface area contributed by atoms with Gasteiger partial charge in [-0.05, 0) is 31.2 Å². The number of thiophene rings is 1.